The van der Waals surface area contributed by atoms with Gasteiger partial charge in [-0.05, 0) is 25.1 Å². The van der Waals surface area contributed by atoms with E-state index in [1.54, 1.807) is 12.2 Å². The van der Waals surface area contributed by atoms with Gasteiger partial charge >= 0.3 is 0 Å². The number of benzene rings is 2. The van der Waals surface area contributed by atoms with Crippen molar-refractivity contribution in [3.05, 3.63) is 78.4 Å². The second-order valence-electron chi connectivity index (χ2n) is 4.58. The van der Waals surface area contributed by atoms with Gasteiger partial charge in [0.05, 0.1) is 11.0 Å². The van der Waals surface area contributed by atoms with Gasteiger partial charge in [0.1, 0.15) is 5.82 Å². The highest BCUT2D eigenvalue weighted by molar-refractivity contribution is 6.31. The van der Waals surface area contributed by atoms with Crippen molar-refractivity contribution in [3.63, 3.8) is 0 Å². The Hall–Kier alpha value is -2.03. The van der Waals surface area contributed by atoms with Crippen molar-refractivity contribution in [1.82, 2.24) is 9.97 Å². The molecule has 0 aliphatic heterocycles. The Morgan fingerprint density at radius 2 is 1.61 bits per heavy atom. The Morgan fingerprint density at radius 1 is 1.00 bits per heavy atom. The van der Waals surface area contributed by atoms with E-state index in [-0.39, 0.29) is 0 Å². The number of hydrogen-bond acceptors (Lipinski definition) is 1. The average Bonchev–Trinajstić information content (AvgIpc) is 3.00. The summed E-state index contributed by atoms with van der Waals surface area (Å²) in [6.45, 7) is 8.79. The van der Waals surface area contributed by atoms with E-state index in [0.29, 0.717) is 0 Å². The van der Waals surface area contributed by atoms with Crippen molar-refractivity contribution in [2.45, 2.75) is 6.92 Å². The van der Waals surface area contributed by atoms with Crippen LogP contribution in [0.5, 0.6) is 0 Å². The summed E-state index contributed by atoms with van der Waals surface area (Å²) in [7, 11) is 0. The van der Waals surface area contributed by atoms with Gasteiger partial charge in [-0.25, -0.2) is 4.98 Å². The molecule has 0 amide bonds. The first-order chi connectivity index (χ1) is 11.1. The number of allylic oxidation sites excluding steroid dienone is 2. The van der Waals surface area contributed by atoms with Crippen LogP contribution in [0.25, 0.3) is 22.4 Å². The highest BCUT2D eigenvalue weighted by Gasteiger charge is 2.05. The molecule has 1 N–H and O–H groups in total. The molecule has 3 aromatic rings. The minimum Gasteiger partial charge on any atom is -0.338 e. The molecule has 120 valence electrons. The van der Waals surface area contributed by atoms with Crippen LogP contribution < -0.4 is 0 Å². The zero-order valence-electron chi connectivity index (χ0n) is 13.3. The minimum atomic E-state index is 0.719. The molecule has 3 rings (SSSR count). The molecule has 1 aromatic heterocycles. The van der Waals surface area contributed by atoms with Crippen molar-refractivity contribution >= 4 is 34.2 Å². The van der Waals surface area contributed by atoms with Crippen molar-refractivity contribution in [2.75, 3.05) is 6.38 Å². The van der Waals surface area contributed by atoms with Gasteiger partial charge in [0.15, 0.2) is 0 Å². The lowest BCUT2D eigenvalue weighted by atomic mass is 10.1. The molecule has 0 aliphatic carbocycles. The quantitative estimate of drug-likeness (QED) is 0.421. The van der Waals surface area contributed by atoms with Crippen LogP contribution >= 0.6 is 23.2 Å². The van der Waals surface area contributed by atoms with Crippen LogP contribution in [0, 0.1) is 6.92 Å². The fraction of sp³-hybridized carbons (Fsp3) is 0.105. The number of nitrogens with zero attached hydrogens (tertiary/aromatic N) is 1. The lowest BCUT2D eigenvalue weighted by Gasteiger charge is -1.96. The third kappa shape index (κ3) is 5.59. The first-order valence-electron chi connectivity index (χ1n) is 6.97. The number of H-pyrrole nitrogens is 1. The maximum Gasteiger partial charge on any atom is 0.138 e. The largest absolute Gasteiger partial charge is 0.338 e. The molecule has 1 heterocycles. The number of halogens is 2. The fourth-order valence-corrected chi connectivity index (χ4v) is 2.00. The van der Waals surface area contributed by atoms with Crippen LogP contribution in [0.4, 0.5) is 0 Å². The fourth-order valence-electron chi connectivity index (χ4n) is 1.83. The van der Waals surface area contributed by atoms with E-state index in [1.165, 1.54) is 11.9 Å². The molecule has 2 aromatic carbocycles. The molecule has 2 nitrogen and oxygen atoms in total. The van der Waals surface area contributed by atoms with E-state index in [0.717, 1.165) is 27.4 Å². The summed E-state index contributed by atoms with van der Waals surface area (Å²) in [6, 6.07) is 13.9. The molecule has 4 heteroatoms. The summed E-state index contributed by atoms with van der Waals surface area (Å²) in [5.74, 6) is 0.877. The van der Waals surface area contributed by atoms with Crippen molar-refractivity contribution < 1.29 is 0 Å². The highest BCUT2D eigenvalue weighted by Crippen LogP contribution is 2.22. The molecule has 0 saturated heterocycles. The molecule has 0 unspecified atom stereocenters. The summed E-state index contributed by atoms with van der Waals surface area (Å²) >= 11 is 10.6. The molecule has 0 spiro atoms. The van der Waals surface area contributed by atoms with E-state index in [9.17, 15) is 0 Å². The molecule has 0 saturated carbocycles. The predicted octanol–water partition coefficient (Wildman–Crippen LogP) is 6.41. The molecule has 0 aliphatic rings. The lowest BCUT2D eigenvalue weighted by molar-refractivity contribution is 1.33. The Labute approximate surface area is 147 Å². The Kier molecular flexibility index (Phi) is 8.17. The summed E-state index contributed by atoms with van der Waals surface area (Å²) in [4.78, 5) is 7.82. The zero-order chi connectivity index (χ0) is 17.2. The van der Waals surface area contributed by atoms with Gasteiger partial charge in [-0.3, -0.25) is 0 Å². The number of rotatable bonds is 2. The Bertz CT molecular complexity index is 753. The number of aromatic amines is 1. The normalized spacial score (nSPS) is 9.22. The smallest absolute Gasteiger partial charge is 0.138 e. The molecule has 0 radical (unpaired) electrons. The number of nitrogens with one attached hydrogen (secondary N) is 1. The maximum atomic E-state index is 5.95. The van der Waals surface area contributed by atoms with Crippen LogP contribution in [0.15, 0.2) is 67.8 Å². The topological polar surface area (TPSA) is 28.7 Å². The second-order valence-corrected chi connectivity index (χ2v) is 5.02. The third-order valence-electron chi connectivity index (χ3n) is 2.94. The molecule has 0 atom stereocenters. The standard InChI is InChI=1S/C14H11ClN2.C4H6.CH3Cl/c1-9-2-4-10(5-3-9)14-16-12-7-6-11(15)8-13(12)17-14;1-3-4-2;1-2/h2-8H,1H3,(H,16,17);3-4H,1-2H2;1H3. The maximum absolute atomic E-state index is 5.95. The van der Waals surface area contributed by atoms with E-state index in [4.69, 9.17) is 11.6 Å². The molecular formula is C19H20Cl2N2. The van der Waals surface area contributed by atoms with E-state index in [1.807, 2.05) is 18.2 Å². The summed E-state index contributed by atoms with van der Waals surface area (Å²) in [5.41, 5.74) is 4.23. The van der Waals surface area contributed by atoms with Crippen LogP contribution in [0.1, 0.15) is 5.56 Å². The number of fused-ring (bicyclic) bond motifs is 1. The van der Waals surface area contributed by atoms with Gasteiger partial charge in [0.25, 0.3) is 0 Å². The summed E-state index contributed by atoms with van der Waals surface area (Å²) < 4.78 is 0. The van der Waals surface area contributed by atoms with Gasteiger partial charge in [0, 0.05) is 17.0 Å². The average molecular weight is 347 g/mol. The van der Waals surface area contributed by atoms with Crippen LogP contribution in [0.3, 0.4) is 0 Å². The number of imidazole rings is 1. The minimum absolute atomic E-state index is 0.719. The van der Waals surface area contributed by atoms with Crippen LogP contribution in [0.2, 0.25) is 5.02 Å². The lowest BCUT2D eigenvalue weighted by Crippen LogP contribution is -1.80. The third-order valence-corrected chi connectivity index (χ3v) is 3.17. The van der Waals surface area contributed by atoms with E-state index in [2.05, 4.69) is 65.9 Å². The first-order valence-corrected chi connectivity index (χ1v) is 8.11. The van der Waals surface area contributed by atoms with Gasteiger partial charge in [-0.1, -0.05) is 66.7 Å². The summed E-state index contributed by atoms with van der Waals surface area (Å²) in [6.07, 6.45) is 4.75. The molecule has 0 fully saturated rings. The Morgan fingerprint density at radius 3 is 2.17 bits per heavy atom. The molecular weight excluding hydrogens is 327 g/mol. The SMILES string of the molecule is C=CC=C.CCl.Cc1ccc(-c2nc3ccc(Cl)cc3[nH]2)cc1. The predicted molar refractivity (Wildman–Crippen MR) is 103 cm³/mol. The van der Waals surface area contributed by atoms with Gasteiger partial charge in [-0.2, -0.15) is 0 Å². The Balaban J connectivity index is 0.000000388. The van der Waals surface area contributed by atoms with Gasteiger partial charge in [0.2, 0.25) is 0 Å². The van der Waals surface area contributed by atoms with Gasteiger partial charge in [-0.15, -0.1) is 11.6 Å². The monoisotopic (exact) mass is 346 g/mol. The number of hydrogen-bond donors (Lipinski definition) is 1. The van der Waals surface area contributed by atoms with Crippen LogP contribution in [-0.4, -0.2) is 16.4 Å². The first kappa shape index (κ1) is 19.0. The van der Waals surface area contributed by atoms with Crippen LogP contribution in [-0.2, 0) is 0 Å². The highest BCUT2D eigenvalue weighted by atomic mass is 35.5. The number of aromatic nitrogens is 2. The van der Waals surface area contributed by atoms with Crippen molar-refractivity contribution in [1.29, 1.82) is 0 Å². The van der Waals surface area contributed by atoms with Crippen molar-refractivity contribution in [3.8, 4) is 11.4 Å². The number of aryl methyl sites for hydroxylation is 1. The zero-order valence-corrected chi connectivity index (χ0v) is 14.8. The molecule has 23 heavy (non-hydrogen) atoms. The second kappa shape index (κ2) is 9.88. The van der Waals surface area contributed by atoms with Crippen molar-refractivity contribution in [2.24, 2.45) is 0 Å². The van der Waals surface area contributed by atoms with Gasteiger partial charge < -0.3 is 4.98 Å². The van der Waals surface area contributed by atoms with E-state index < -0.39 is 0 Å². The van der Waals surface area contributed by atoms with E-state index >= 15 is 0 Å². The molecule has 0 bridgehead atoms. The number of alkyl halides is 1. The summed E-state index contributed by atoms with van der Waals surface area (Å²) in [5, 5.41) is 0.719.